The first-order valence-corrected chi connectivity index (χ1v) is 4.82. The summed E-state index contributed by atoms with van der Waals surface area (Å²) in [6.07, 6.45) is 1.89. The van der Waals surface area contributed by atoms with Gasteiger partial charge in [-0.1, -0.05) is 0 Å². The van der Waals surface area contributed by atoms with Crippen LogP contribution in [-0.4, -0.2) is 27.5 Å². The van der Waals surface area contributed by atoms with Crippen LogP contribution in [0.4, 0.5) is 10.6 Å². The van der Waals surface area contributed by atoms with E-state index >= 15 is 0 Å². The lowest BCUT2D eigenvalue weighted by Gasteiger charge is -2.05. The van der Waals surface area contributed by atoms with Gasteiger partial charge in [-0.15, -0.1) is 4.68 Å². The predicted octanol–water partition coefficient (Wildman–Crippen LogP) is 1.33. The summed E-state index contributed by atoms with van der Waals surface area (Å²) < 4.78 is 1.05. The average molecular weight is 195 g/mol. The van der Waals surface area contributed by atoms with Crippen molar-refractivity contribution in [1.82, 2.24) is 9.78 Å². The number of nitrogens with zero attached hydrogens (tertiary/aromatic N) is 2. The van der Waals surface area contributed by atoms with Crippen molar-refractivity contribution in [3.63, 3.8) is 0 Å². The van der Waals surface area contributed by atoms with Crippen molar-refractivity contribution in [2.45, 2.75) is 26.2 Å². The second-order valence-corrected chi connectivity index (χ2v) is 3.35. The molecule has 0 bridgehead atoms. The summed E-state index contributed by atoms with van der Waals surface area (Å²) in [6, 6.07) is 0. The first-order valence-electron chi connectivity index (χ1n) is 4.82. The molecule has 1 aliphatic carbocycles. The van der Waals surface area contributed by atoms with Crippen LogP contribution >= 0.6 is 0 Å². The number of fused-ring (bicyclic) bond motifs is 1. The Hall–Kier alpha value is -1.52. The Bertz CT molecular complexity index is 370. The summed E-state index contributed by atoms with van der Waals surface area (Å²) in [6.45, 7) is 2.66. The molecule has 14 heavy (non-hydrogen) atoms. The van der Waals surface area contributed by atoms with Gasteiger partial charge in [0.15, 0.2) is 0 Å². The highest BCUT2D eigenvalue weighted by Gasteiger charge is 2.24. The molecule has 1 aromatic heterocycles. The molecule has 2 rings (SSSR count). The molecule has 0 radical (unpaired) electrons. The maximum absolute atomic E-state index is 10.9. The van der Waals surface area contributed by atoms with Crippen LogP contribution in [0, 0.1) is 0 Å². The third-order valence-electron chi connectivity index (χ3n) is 2.43. The molecule has 0 saturated heterocycles. The van der Waals surface area contributed by atoms with Crippen LogP contribution in [0.25, 0.3) is 0 Å². The van der Waals surface area contributed by atoms with Gasteiger partial charge in [0, 0.05) is 12.1 Å². The van der Waals surface area contributed by atoms with E-state index in [0.29, 0.717) is 12.4 Å². The number of nitrogens with one attached hydrogen (secondary N) is 1. The van der Waals surface area contributed by atoms with E-state index in [1.54, 1.807) is 0 Å². The molecule has 2 N–H and O–H groups in total. The van der Waals surface area contributed by atoms with Crippen LogP contribution < -0.4 is 5.32 Å². The fourth-order valence-electron chi connectivity index (χ4n) is 1.88. The lowest BCUT2D eigenvalue weighted by atomic mass is 10.2. The fourth-order valence-corrected chi connectivity index (χ4v) is 1.88. The molecule has 5 heteroatoms. The molecule has 1 aromatic rings. The summed E-state index contributed by atoms with van der Waals surface area (Å²) in [5.41, 5.74) is 2.01. The fraction of sp³-hybridized carbons (Fsp3) is 0.556. The summed E-state index contributed by atoms with van der Waals surface area (Å²) in [5, 5.41) is 16.0. The molecule has 0 aromatic carbocycles. The zero-order valence-electron chi connectivity index (χ0n) is 8.08. The standard InChI is InChI=1S/C9H13N3O2/c1-2-10-8-6-4-3-5-7(6)11-12(8)9(13)14/h10H,2-5H2,1H3,(H,13,14). The third-order valence-corrected chi connectivity index (χ3v) is 2.43. The van der Waals surface area contributed by atoms with E-state index < -0.39 is 6.09 Å². The van der Waals surface area contributed by atoms with E-state index in [1.807, 2.05) is 6.92 Å². The van der Waals surface area contributed by atoms with Crippen molar-refractivity contribution in [2.24, 2.45) is 0 Å². The van der Waals surface area contributed by atoms with Gasteiger partial charge < -0.3 is 10.4 Å². The number of aryl methyl sites for hydroxylation is 1. The van der Waals surface area contributed by atoms with Crippen molar-refractivity contribution < 1.29 is 9.90 Å². The number of hydrogen-bond acceptors (Lipinski definition) is 3. The van der Waals surface area contributed by atoms with Crippen molar-refractivity contribution in [2.75, 3.05) is 11.9 Å². The van der Waals surface area contributed by atoms with E-state index in [1.165, 1.54) is 0 Å². The summed E-state index contributed by atoms with van der Waals surface area (Å²) in [7, 11) is 0. The number of aromatic nitrogens is 2. The molecule has 5 nitrogen and oxygen atoms in total. The van der Waals surface area contributed by atoms with Gasteiger partial charge in [-0.25, -0.2) is 4.79 Å². The van der Waals surface area contributed by atoms with Crippen molar-refractivity contribution in [1.29, 1.82) is 0 Å². The van der Waals surface area contributed by atoms with Crippen LogP contribution in [0.2, 0.25) is 0 Å². The number of carboxylic acid groups (broad SMARTS) is 1. The van der Waals surface area contributed by atoms with Gasteiger partial charge in [-0.2, -0.15) is 5.10 Å². The quantitative estimate of drug-likeness (QED) is 0.747. The van der Waals surface area contributed by atoms with Gasteiger partial charge in [0.2, 0.25) is 0 Å². The zero-order chi connectivity index (χ0) is 10.1. The molecule has 0 unspecified atom stereocenters. The highest BCUT2D eigenvalue weighted by atomic mass is 16.4. The highest BCUT2D eigenvalue weighted by molar-refractivity contribution is 5.74. The maximum Gasteiger partial charge on any atom is 0.434 e. The minimum Gasteiger partial charge on any atom is -0.463 e. The van der Waals surface area contributed by atoms with Gasteiger partial charge >= 0.3 is 6.09 Å². The normalized spacial score (nSPS) is 14.1. The molecule has 0 saturated carbocycles. The van der Waals surface area contributed by atoms with Crippen LogP contribution in [0.1, 0.15) is 24.6 Å². The van der Waals surface area contributed by atoms with E-state index in [9.17, 15) is 4.79 Å². The molecule has 76 valence electrons. The van der Waals surface area contributed by atoms with Gasteiger partial charge in [-0.05, 0) is 26.2 Å². The molecule has 1 heterocycles. The molecule has 0 spiro atoms. The second kappa shape index (κ2) is 3.32. The Morgan fingerprint density at radius 3 is 3.07 bits per heavy atom. The minimum atomic E-state index is -1.02. The number of anilines is 1. The average Bonchev–Trinajstić information content (AvgIpc) is 2.67. The van der Waals surface area contributed by atoms with Gasteiger partial charge in [0.25, 0.3) is 0 Å². The van der Waals surface area contributed by atoms with Crippen LogP contribution in [0.15, 0.2) is 0 Å². The predicted molar refractivity (Wildman–Crippen MR) is 51.8 cm³/mol. The minimum absolute atomic E-state index is 0.660. The van der Waals surface area contributed by atoms with E-state index in [2.05, 4.69) is 10.4 Å². The monoisotopic (exact) mass is 195 g/mol. The van der Waals surface area contributed by atoms with Crippen molar-refractivity contribution >= 4 is 11.9 Å². The maximum atomic E-state index is 10.9. The number of rotatable bonds is 2. The van der Waals surface area contributed by atoms with E-state index in [0.717, 1.165) is 35.2 Å². The number of carbonyl (C=O) groups is 1. The molecule has 0 fully saturated rings. The number of hydrogen-bond donors (Lipinski definition) is 2. The van der Waals surface area contributed by atoms with Gasteiger partial charge in [0.05, 0.1) is 5.69 Å². The Kier molecular flexibility index (Phi) is 2.15. The van der Waals surface area contributed by atoms with E-state index in [-0.39, 0.29) is 0 Å². The Balaban J connectivity index is 2.45. The first kappa shape index (κ1) is 9.05. The lowest BCUT2D eigenvalue weighted by Crippen LogP contribution is -2.15. The lowest BCUT2D eigenvalue weighted by molar-refractivity contribution is 0.193. The second-order valence-electron chi connectivity index (χ2n) is 3.35. The SMILES string of the molecule is CCNc1c2c(nn1C(=O)O)CCC2. The summed E-state index contributed by atoms with van der Waals surface area (Å²) in [4.78, 5) is 10.9. The van der Waals surface area contributed by atoms with Gasteiger partial charge in [0.1, 0.15) is 5.82 Å². The molecule has 0 atom stereocenters. The van der Waals surface area contributed by atoms with Crippen LogP contribution in [-0.2, 0) is 12.8 Å². The molecule has 0 aliphatic heterocycles. The summed E-state index contributed by atoms with van der Waals surface area (Å²) in [5.74, 6) is 0.660. The third kappa shape index (κ3) is 1.25. The van der Waals surface area contributed by atoms with Crippen LogP contribution in [0.5, 0.6) is 0 Å². The molecule has 1 aliphatic rings. The van der Waals surface area contributed by atoms with Crippen LogP contribution in [0.3, 0.4) is 0 Å². The smallest absolute Gasteiger partial charge is 0.434 e. The van der Waals surface area contributed by atoms with Gasteiger partial charge in [-0.3, -0.25) is 0 Å². The van der Waals surface area contributed by atoms with E-state index in [4.69, 9.17) is 5.11 Å². The first-order chi connectivity index (χ1) is 6.74. The largest absolute Gasteiger partial charge is 0.463 e. The molecule has 0 amide bonds. The Morgan fingerprint density at radius 1 is 1.64 bits per heavy atom. The molecular weight excluding hydrogens is 182 g/mol. The zero-order valence-corrected chi connectivity index (χ0v) is 8.08. The summed E-state index contributed by atoms with van der Waals surface area (Å²) >= 11 is 0. The Labute approximate surface area is 81.7 Å². The van der Waals surface area contributed by atoms with Crippen molar-refractivity contribution in [3.05, 3.63) is 11.3 Å². The Morgan fingerprint density at radius 2 is 2.43 bits per heavy atom. The molecular formula is C9H13N3O2. The topological polar surface area (TPSA) is 67.2 Å². The van der Waals surface area contributed by atoms with Crippen molar-refractivity contribution in [3.8, 4) is 0 Å². The highest BCUT2D eigenvalue weighted by Crippen LogP contribution is 2.28.